The number of rotatable bonds is 4. The third kappa shape index (κ3) is 2.42. The first-order valence-corrected chi connectivity index (χ1v) is 11.4. The predicted molar refractivity (Wildman–Crippen MR) is 119 cm³/mol. The SMILES string of the molecule is CCCP(=O)(c1ccccc1)c1ccc2ccc3cccc4ccc1c2c34. The van der Waals surface area contributed by atoms with Crippen molar-refractivity contribution < 1.29 is 4.57 Å². The van der Waals surface area contributed by atoms with E-state index < -0.39 is 7.14 Å². The first-order chi connectivity index (χ1) is 13.2. The molecule has 0 saturated carbocycles. The van der Waals surface area contributed by atoms with Crippen molar-refractivity contribution in [2.75, 3.05) is 6.16 Å². The van der Waals surface area contributed by atoms with E-state index in [1.165, 1.54) is 26.9 Å². The molecule has 2 heteroatoms. The van der Waals surface area contributed by atoms with Crippen LogP contribution in [0.3, 0.4) is 0 Å². The molecule has 0 aliphatic rings. The molecule has 0 aromatic heterocycles. The first-order valence-electron chi connectivity index (χ1n) is 9.54. The quantitative estimate of drug-likeness (QED) is 0.268. The fraction of sp³-hybridized carbons (Fsp3) is 0.120. The molecule has 5 aromatic rings. The van der Waals surface area contributed by atoms with E-state index in [1.807, 2.05) is 30.3 Å². The summed E-state index contributed by atoms with van der Waals surface area (Å²) in [5.74, 6) is 0. The van der Waals surface area contributed by atoms with Gasteiger partial charge >= 0.3 is 0 Å². The summed E-state index contributed by atoms with van der Waals surface area (Å²) < 4.78 is 14.4. The Hall–Kier alpha value is -2.63. The zero-order valence-electron chi connectivity index (χ0n) is 15.4. The average molecular weight is 368 g/mol. The van der Waals surface area contributed by atoms with Gasteiger partial charge in [-0.3, -0.25) is 0 Å². The Labute approximate surface area is 159 Å². The van der Waals surface area contributed by atoms with Gasteiger partial charge in [0.25, 0.3) is 0 Å². The van der Waals surface area contributed by atoms with Crippen molar-refractivity contribution in [3.63, 3.8) is 0 Å². The van der Waals surface area contributed by atoms with E-state index in [0.29, 0.717) is 6.16 Å². The normalized spacial score (nSPS) is 14.1. The van der Waals surface area contributed by atoms with Gasteiger partial charge in [0, 0.05) is 16.8 Å². The maximum atomic E-state index is 14.4. The van der Waals surface area contributed by atoms with Gasteiger partial charge in [-0.15, -0.1) is 0 Å². The molecule has 132 valence electrons. The minimum atomic E-state index is -2.68. The summed E-state index contributed by atoms with van der Waals surface area (Å²) in [4.78, 5) is 0. The van der Waals surface area contributed by atoms with E-state index >= 15 is 0 Å². The van der Waals surface area contributed by atoms with Crippen LogP contribution >= 0.6 is 7.14 Å². The second-order valence-electron chi connectivity index (χ2n) is 7.24. The highest BCUT2D eigenvalue weighted by atomic mass is 31.2. The summed E-state index contributed by atoms with van der Waals surface area (Å²) in [6.45, 7) is 2.12. The molecule has 0 aliphatic carbocycles. The molecule has 0 heterocycles. The van der Waals surface area contributed by atoms with Gasteiger partial charge in [0.2, 0.25) is 0 Å². The smallest absolute Gasteiger partial charge is 0.143 e. The number of benzene rings is 5. The largest absolute Gasteiger partial charge is 0.314 e. The Morgan fingerprint density at radius 3 is 2.00 bits per heavy atom. The van der Waals surface area contributed by atoms with Gasteiger partial charge in [0.1, 0.15) is 7.14 Å². The van der Waals surface area contributed by atoms with Crippen LogP contribution in [0.4, 0.5) is 0 Å². The summed E-state index contributed by atoms with van der Waals surface area (Å²) in [5, 5.41) is 9.33. The molecule has 0 saturated heterocycles. The molecule has 0 bridgehead atoms. The van der Waals surface area contributed by atoms with E-state index in [4.69, 9.17) is 0 Å². The van der Waals surface area contributed by atoms with E-state index in [1.54, 1.807) is 0 Å². The topological polar surface area (TPSA) is 17.1 Å². The molecule has 0 aliphatic heterocycles. The third-order valence-corrected chi connectivity index (χ3v) is 8.98. The Kier molecular flexibility index (Phi) is 3.81. The molecular formula is C25H21OP. The van der Waals surface area contributed by atoms with Gasteiger partial charge < -0.3 is 4.57 Å². The lowest BCUT2D eigenvalue weighted by Crippen LogP contribution is -2.19. The highest BCUT2D eigenvalue weighted by Gasteiger charge is 2.28. The van der Waals surface area contributed by atoms with Crippen LogP contribution in [-0.4, -0.2) is 6.16 Å². The molecular weight excluding hydrogens is 347 g/mol. The summed E-state index contributed by atoms with van der Waals surface area (Å²) >= 11 is 0. The number of hydrogen-bond acceptors (Lipinski definition) is 1. The molecule has 0 spiro atoms. The van der Waals surface area contributed by atoms with E-state index in [-0.39, 0.29) is 0 Å². The highest BCUT2D eigenvalue weighted by molar-refractivity contribution is 7.79. The zero-order valence-corrected chi connectivity index (χ0v) is 16.2. The summed E-state index contributed by atoms with van der Waals surface area (Å²) in [7, 11) is -2.68. The Balaban J connectivity index is 1.91. The predicted octanol–water partition coefficient (Wildman–Crippen LogP) is 6.31. The third-order valence-electron chi connectivity index (χ3n) is 5.61. The minimum absolute atomic E-state index is 0.695. The van der Waals surface area contributed by atoms with Crippen molar-refractivity contribution in [1.82, 2.24) is 0 Å². The molecule has 27 heavy (non-hydrogen) atoms. The van der Waals surface area contributed by atoms with Gasteiger partial charge in [0.05, 0.1) is 0 Å². The lowest BCUT2D eigenvalue weighted by Gasteiger charge is -2.22. The molecule has 0 N–H and O–H groups in total. The Bertz CT molecular complexity index is 1290. The highest BCUT2D eigenvalue weighted by Crippen LogP contribution is 2.47. The zero-order chi connectivity index (χ0) is 18.4. The summed E-state index contributed by atoms with van der Waals surface area (Å²) in [6, 6.07) is 29.4. The maximum Gasteiger partial charge on any atom is 0.143 e. The van der Waals surface area contributed by atoms with Crippen LogP contribution in [0.2, 0.25) is 0 Å². The van der Waals surface area contributed by atoms with Crippen molar-refractivity contribution in [2.45, 2.75) is 13.3 Å². The van der Waals surface area contributed by atoms with Crippen LogP contribution in [0.25, 0.3) is 32.3 Å². The van der Waals surface area contributed by atoms with Crippen LogP contribution in [0.1, 0.15) is 13.3 Å². The lowest BCUT2D eigenvalue weighted by molar-refractivity contribution is 0.586. The molecule has 1 atom stereocenters. The van der Waals surface area contributed by atoms with Crippen molar-refractivity contribution in [3.05, 3.63) is 84.9 Å². The Morgan fingerprint density at radius 2 is 1.30 bits per heavy atom. The first kappa shape index (κ1) is 16.5. The number of hydrogen-bond donors (Lipinski definition) is 0. The van der Waals surface area contributed by atoms with Crippen molar-refractivity contribution in [3.8, 4) is 0 Å². The van der Waals surface area contributed by atoms with Crippen LogP contribution < -0.4 is 10.6 Å². The minimum Gasteiger partial charge on any atom is -0.314 e. The van der Waals surface area contributed by atoms with Crippen LogP contribution in [0.5, 0.6) is 0 Å². The van der Waals surface area contributed by atoms with Crippen LogP contribution in [-0.2, 0) is 4.57 Å². The molecule has 0 radical (unpaired) electrons. The average Bonchev–Trinajstić information content (AvgIpc) is 2.72. The van der Waals surface area contributed by atoms with Crippen LogP contribution in [0, 0.1) is 0 Å². The van der Waals surface area contributed by atoms with Crippen molar-refractivity contribution in [2.24, 2.45) is 0 Å². The van der Waals surface area contributed by atoms with Gasteiger partial charge in [-0.25, -0.2) is 0 Å². The second kappa shape index (κ2) is 6.22. The van der Waals surface area contributed by atoms with Crippen LogP contribution in [0.15, 0.2) is 84.9 Å². The molecule has 5 rings (SSSR count). The Morgan fingerprint density at radius 1 is 0.667 bits per heavy atom. The molecule has 1 unspecified atom stereocenters. The molecule has 0 fully saturated rings. The fourth-order valence-electron chi connectivity index (χ4n) is 4.41. The summed E-state index contributed by atoms with van der Waals surface area (Å²) in [5.41, 5.74) is 0. The monoisotopic (exact) mass is 368 g/mol. The standard InChI is InChI=1S/C25H21OP/c1-2-17-27(26,21-9-4-3-5-10-21)23-16-14-20-12-11-18-7-6-8-19-13-15-22(23)25(20)24(18)19/h3-16H,2,17H2,1H3. The van der Waals surface area contributed by atoms with Gasteiger partial charge in [0.15, 0.2) is 0 Å². The molecule has 0 amide bonds. The van der Waals surface area contributed by atoms with E-state index in [2.05, 4.69) is 61.5 Å². The molecule has 1 nitrogen and oxygen atoms in total. The summed E-state index contributed by atoms with van der Waals surface area (Å²) in [6.07, 6.45) is 1.59. The van der Waals surface area contributed by atoms with Gasteiger partial charge in [-0.2, -0.15) is 0 Å². The van der Waals surface area contributed by atoms with E-state index in [0.717, 1.165) is 22.4 Å². The maximum absolute atomic E-state index is 14.4. The fourth-order valence-corrected chi connectivity index (χ4v) is 7.36. The van der Waals surface area contributed by atoms with Crippen molar-refractivity contribution in [1.29, 1.82) is 0 Å². The van der Waals surface area contributed by atoms with Gasteiger partial charge in [-0.05, 0) is 44.8 Å². The van der Waals surface area contributed by atoms with E-state index in [9.17, 15) is 4.57 Å². The van der Waals surface area contributed by atoms with Crippen molar-refractivity contribution >= 4 is 50.1 Å². The lowest BCUT2D eigenvalue weighted by atomic mass is 9.94. The molecule has 5 aromatic carbocycles. The van der Waals surface area contributed by atoms with Gasteiger partial charge in [-0.1, -0.05) is 85.8 Å². The second-order valence-corrected chi connectivity index (χ2v) is 10.2.